The Bertz CT molecular complexity index is 1020. The zero-order valence-electron chi connectivity index (χ0n) is 15.6. The lowest BCUT2D eigenvalue weighted by molar-refractivity contribution is -0.124. The number of hydrogen-bond acceptors (Lipinski definition) is 5. The summed E-state index contributed by atoms with van der Waals surface area (Å²) in [6, 6.07) is 16.8. The number of nitrogens with one attached hydrogen (secondary N) is 2. The SMILES string of the molecule is CC1(C)NN2C(=NC1=O)SC(NC(=O)c1ccc(Br)cc1)=C2c1ccccc1.Cl. The van der Waals surface area contributed by atoms with E-state index in [0.29, 0.717) is 15.8 Å². The van der Waals surface area contributed by atoms with Gasteiger partial charge in [0.1, 0.15) is 10.6 Å². The highest BCUT2D eigenvalue weighted by Crippen LogP contribution is 2.40. The molecule has 0 radical (unpaired) electrons. The standard InChI is InChI=1S/C20H17BrN4O2S.ClH/c1-20(2)18(27)23-19-25(24-20)15(12-6-4-3-5-7-12)17(28-19)22-16(26)13-8-10-14(21)11-9-13;/h3-11,24H,1-2H3,(H,22,26);1H. The largest absolute Gasteiger partial charge is 0.314 e. The van der Waals surface area contributed by atoms with Crippen LogP contribution in [0.1, 0.15) is 29.8 Å². The third-order valence-corrected chi connectivity index (χ3v) is 5.81. The second-order valence-corrected chi connectivity index (χ2v) is 8.77. The van der Waals surface area contributed by atoms with Gasteiger partial charge in [0.25, 0.3) is 11.8 Å². The molecule has 6 nitrogen and oxygen atoms in total. The molecule has 150 valence electrons. The summed E-state index contributed by atoms with van der Waals surface area (Å²) in [6.07, 6.45) is 0. The van der Waals surface area contributed by atoms with E-state index in [4.69, 9.17) is 0 Å². The number of benzene rings is 2. The summed E-state index contributed by atoms with van der Waals surface area (Å²) in [5.74, 6) is -0.478. The lowest BCUT2D eigenvalue weighted by atomic mass is 10.1. The normalized spacial score (nSPS) is 17.4. The van der Waals surface area contributed by atoms with Crippen LogP contribution in [0.4, 0.5) is 0 Å². The second kappa shape index (κ2) is 8.31. The van der Waals surface area contributed by atoms with Crippen LogP contribution in [0.25, 0.3) is 5.70 Å². The second-order valence-electron chi connectivity index (χ2n) is 6.88. The van der Waals surface area contributed by atoms with Crippen molar-refractivity contribution in [1.82, 2.24) is 15.8 Å². The molecule has 0 bridgehead atoms. The van der Waals surface area contributed by atoms with Gasteiger partial charge in [-0.25, -0.2) is 10.4 Å². The van der Waals surface area contributed by atoms with Gasteiger partial charge in [0.2, 0.25) is 0 Å². The summed E-state index contributed by atoms with van der Waals surface area (Å²) >= 11 is 4.63. The van der Waals surface area contributed by atoms with Gasteiger partial charge in [-0.2, -0.15) is 4.99 Å². The number of aliphatic imine (C=N–C) groups is 1. The van der Waals surface area contributed by atoms with Gasteiger partial charge in [0.05, 0.1) is 5.70 Å². The summed E-state index contributed by atoms with van der Waals surface area (Å²) in [6.45, 7) is 3.56. The lowest BCUT2D eigenvalue weighted by Gasteiger charge is -2.35. The Morgan fingerprint density at radius 3 is 2.45 bits per heavy atom. The van der Waals surface area contributed by atoms with Crippen LogP contribution in [0.3, 0.4) is 0 Å². The van der Waals surface area contributed by atoms with E-state index >= 15 is 0 Å². The number of carbonyl (C=O) groups excluding carboxylic acids is 2. The number of carbonyl (C=O) groups is 2. The number of amides is 2. The average molecular weight is 494 g/mol. The average Bonchev–Trinajstić information content (AvgIpc) is 2.99. The smallest absolute Gasteiger partial charge is 0.269 e. The number of rotatable bonds is 3. The van der Waals surface area contributed by atoms with E-state index in [0.717, 1.165) is 15.7 Å². The molecule has 29 heavy (non-hydrogen) atoms. The van der Waals surface area contributed by atoms with E-state index in [2.05, 4.69) is 31.7 Å². The molecule has 2 heterocycles. The maximum absolute atomic E-state index is 12.8. The van der Waals surface area contributed by atoms with Gasteiger partial charge >= 0.3 is 0 Å². The maximum Gasteiger partial charge on any atom is 0.269 e. The molecule has 2 N–H and O–H groups in total. The molecule has 2 amide bonds. The molecule has 0 unspecified atom stereocenters. The van der Waals surface area contributed by atoms with Crippen LogP contribution in [-0.2, 0) is 4.79 Å². The number of nitrogens with zero attached hydrogens (tertiary/aromatic N) is 2. The third kappa shape index (κ3) is 4.25. The van der Waals surface area contributed by atoms with Crippen molar-refractivity contribution in [3.8, 4) is 0 Å². The molecule has 0 aliphatic carbocycles. The van der Waals surface area contributed by atoms with Crippen LogP contribution in [-0.4, -0.2) is 27.5 Å². The highest BCUT2D eigenvalue weighted by molar-refractivity contribution is 9.10. The Labute approximate surface area is 187 Å². The quantitative estimate of drug-likeness (QED) is 0.672. The lowest BCUT2D eigenvalue weighted by Crippen LogP contribution is -2.58. The number of fused-ring (bicyclic) bond motifs is 1. The highest BCUT2D eigenvalue weighted by Gasteiger charge is 2.42. The third-order valence-electron chi connectivity index (χ3n) is 4.33. The molecule has 4 rings (SSSR count). The molecule has 0 saturated carbocycles. The molecule has 0 aromatic heterocycles. The van der Waals surface area contributed by atoms with Gasteiger partial charge in [0.15, 0.2) is 5.17 Å². The first kappa shape index (κ1) is 21.6. The van der Waals surface area contributed by atoms with E-state index < -0.39 is 5.54 Å². The predicted molar refractivity (Wildman–Crippen MR) is 121 cm³/mol. The highest BCUT2D eigenvalue weighted by atomic mass is 79.9. The van der Waals surface area contributed by atoms with Crippen molar-refractivity contribution in [2.24, 2.45) is 4.99 Å². The first-order chi connectivity index (χ1) is 13.3. The zero-order chi connectivity index (χ0) is 19.9. The number of hydrazine groups is 1. The van der Waals surface area contributed by atoms with Crippen LogP contribution in [0.5, 0.6) is 0 Å². The molecular formula is C20H18BrClN4O2S. The van der Waals surface area contributed by atoms with E-state index in [1.54, 1.807) is 31.0 Å². The van der Waals surface area contributed by atoms with Crippen molar-refractivity contribution >= 4 is 62.8 Å². The van der Waals surface area contributed by atoms with Gasteiger partial charge in [-0.15, -0.1) is 12.4 Å². The van der Waals surface area contributed by atoms with Crippen LogP contribution >= 0.6 is 40.1 Å². The first-order valence-corrected chi connectivity index (χ1v) is 10.2. The molecule has 2 aromatic rings. The number of halogens is 2. The number of thioether (sulfide) groups is 1. The minimum absolute atomic E-state index is 0. The predicted octanol–water partition coefficient (Wildman–Crippen LogP) is 4.16. The number of hydrogen-bond donors (Lipinski definition) is 2. The maximum atomic E-state index is 12.8. The van der Waals surface area contributed by atoms with Crippen molar-refractivity contribution in [1.29, 1.82) is 0 Å². The minimum Gasteiger partial charge on any atom is -0.314 e. The van der Waals surface area contributed by atoms with Crippen molar-refractivity contribution < 1.29 is 9.59 Å². The van der Waals surface area contributed by atoms with Gasteiger partial charge < -0.3 is 5.32 Å². The van der Waals surface area contributed by atoms with Crippen LogP contribution in [0.2, 0.25) is 0 Å². The molecule has 0 spiro atoms. The van der Waals surface area contributed by atoms with E-state index in [9.17, 15) is 9.59 Å². The number of amidine groups is 1. The summed E-state index contributed by atoms with van der Waals surface area (Å²) in [7, 11) is 0. The van der Waals surface area contributed by atoms with Crippen molar-refractivity contribution in [2.75, 3.05) is 0 Å². The molecule has 0 saturated heterocycles. The summed E-state index contributed by atoms with van der Waals surface area (Å²) < 4.78 is 0.903. The van der Waals surface area contributed by atoms with Crippen LogP contribution in [0.15, 0.2) is 69.1 Å². The van der Waals surface area contributed by atoms with Crippen molar-refractivity contribution in [2.45, 2.75) is 19.4 Å². The monoisotopic (exact) mass is 492 g/mol. The van der Waals surface area contributed by atoms with Gasteiger partial charge in [-0.05, 0) is 49.9 Å². The minimum atomic E-state index is -0.838. The molecule has 9 heteroatoms. The van der Waals surface area contributed by atoms with E-state index in [1.807, 2.05) is 42.5 Å². The molecule has 2 aliphatic rings. The Kier molecular flexibility index (Phi) is 6.19. The van der Waals surface area contributed by atoms with Crippen LogP contribution < -0.4 is 10.7 Å². The van der Waals surface area contributed by atoms with Gasteiger partial charge in [-0.3, -0.25) is 9.59 Å². The van der Waals surface area contributed by atoms with Crippen LogP contribution in [0, 0.1) is 0 Å². The first-order valence-electron chi connectivity index (χ1n) is 8.61. The van der Waals surface area contributed by atoms with Crippen molar-refractivity contribution in [3.05, 3.63) is 75.2 Å². The fourth-order valence-electron chi connectivity index (χ4n) is 2.83. The molecular weight excluding hydrogens is 476 g/mol. The Hall–Kier alpha value is -2.13. The fraction of sp³-hybridized carbons (Fsp3) is 0.150. The van der Waals surface area contributed by atoms with Gasteiger partial charge in [0, 0.05) is 15.6 Å². The molecule has 0 atom stereocenters. The molecule has 2 aromatic carbocycles. The summed E-state index contributed by atoms with van der Waals surface area (Å²) in [5, 5.41) is 5.87. The van der Waals surface area contributed by atoms with E-state index in [-0.39, 0.29) is 24.2 Å². The zero-order valence-corrected chi connectivity index (χ0v) is 18.8. The van der Waals surface area contributed by atoms with E-state index in [1.165, 1.54) is 11.8 Å². The fourth-order valence-corrected chi connectivity index (χ4v) is 4.08. The van der Waals surface area contributed by atoms with Gasteiger partial charge in [-0.1, -0.05) is 46.3 Å². The topological polar surface area (TPSA) is 73.8 Å². The summed E-state index contributed by atoms with van der Waals surface area (Å²) in [4.78, 5) is 29.3. The molecule has 2 aliphatic heterocycles. The van der Waals surface area contributed by atoms with Crippen molar-refractivity contribution in [3.63, 3.8) is 0 Å². The Morgan fingerprint density at radius 1 is 1.14 bits per heavy atom. The Morgan fingerprint density at radius 2 is 1.79 bits per heavy atom. The molecule has 0 fully saturated rings. The summed E-state index contributed by atoms with van der Waals surface area (Å²) in [5.41, 5.74) is 4.59. The Balaban J connectivity index is 0.00000240.